The smallest absolute Gasteiger partial charge is 0.394 e. The Morgan fingerprint density at radius 1 is 0.545 bits per heavy atom. The monoisotopic (exact) mass is 538 g/mol. The van der Waals surface area contributed by atoms with Crippen LogP contribution in [-0.4, -0.2) is 83.8 Å². The second-order valence-corrected chi connectivity index (χ2v) is 6.31. The van der Waals surface area contributed by atoms with Crippen LogP contribution in [0.2, 0.25) is 0 Å². The highest BCUT2D eigenvalue weighted by molar-refractivity contribution is 5.15. The first-order chi connectivity index (χ1) is 14.2. The minimum Gasteiger partial charge on any atom is -0.394 e. The van der Waals surface area contributed by atoms with Crippen molar-refractivity contribution >= 4 is 0 Å². The molecule has 3 nitrogen and oxygen atoms in total. The van der Waals surface area contributed by atoms with Crippen molar-refractivity contribution in [3.8, 4) is 0 Å². The average molecular weight is 538 g/mol. The molecule has 2 N–H and O–H groups in total. The van der Waals surface area contributed by atoms with E-state index in [0.717, 1.165) is 0 Å². The number of halogens is 17. The van der Waals surface area contributed by atoms with Gasteiger partial charge in [-0.25, -0.2) is 0 Å². The third-order valence-corrected chi connectivity index (χ3v) is 3.87. The van der Waals surface area contributed by atoms with Crippen molar-refractivity contribution in [2.45, 2.75) is 60.2 Å². The van der Waals surface area contributed by atoms with Crippen molar-refractivity contribution < 1.29 is 89.6 Å². The normalized spacial score (nSPS) is 16.8. The molecule has 0 bridgehead atoms. The van der Waals surface area contributed by atoms with Crippen LogP contribution in [0.5, 0.6) is 0 Å². The van der Waals surface area contributed by atoms with Gasteiger partial charge < -0.3 is 14.9 Å². The van der Waals surface area contributed by atoms with Gasteiger partial charge in [-0.1, -0.05) is 0 Å². The molecule has 33 heavy (non-hydrogen) atoms. The zero-order valence-corrected chi connectivity index (χ0v) is 15.1. The van der Waals surface area contributed by atoms with Crippen LogP contribution in [0.3, 0.4) is 0 Å². The number of hydrogen-bond donors (Lipinski definition) is 2. The molecule has 20 heteroatoms. The summed E-state index contributed by atoms with van der Waals surface area (Å²) in [6.07, 6.45) is -12.4. The fraction of sp³-hybridized carbons (Fsp3) is 1.00. The summed E-state index contributed by atoms with van der Waals surface area (Å²) in [6.45, 7) is -4.08. The van der Waals surface area contributed by atoms with E-state index in [1.165, 1.54) is 0 Å². The fourth-order valence-corrected chi connectivity index (χ4v) is 1.83. The summed E-state index contributed by atoms with van der Waals surface area (Å²) in [7, 11) is 0. The maximum absolute atomic E-state index is 13.5. The van der Waals surface area contributed by atoms with Gasteiger partial charge >= 0.3 is 47.6 Å². The van der Waals surface area contributed by atoms with E-state index in [1.807, 2.05) is 0 Å². The van der Waals surface area contributed by atoms with E-state index in [1.54, 1.807) is 0 Å². The van der Waals surface area contributed by atoms with Crippen LogP contribution in [0, 0.1) is 0 Å². The lowest BCUT2D eigenvalue weighted by atomic mass is 9.88. The number of rotatable bonds is 12. The quantitative estimate of drug-likeness (QED) is 0.279. The molecule has 0 aliphatic carbocycles. The maximum atomic E-state index is 13.5. The first-order valence-electron chi connectivity index (χ1n) is 7.78. The molecule has 0 aliphatic heterocycles. The van der Waals surface area contributed by atoms with Gasteiger partial charge in [-0.05, 0) is 0 Å². The number of aliphatic hydroxyl groups excluding tert-OH is 2. The molecule has 0 radical (unpaired) electrons. The molecular formula is C13H11F17O3. The fourth-order valence-electron chi connectivity index (χ4n) is 1.83. The minimum atomic E-state index is -8.66. The van der Waals surface area contributed by atoms with Crippen molar-refractivity contribution in [2.24, 2.45) is 0 Å². The molecule has 0 aliphatic rings. The van der Waals surface area contributed by atoms with Crippen molar-refractivity contribution in [3.63, 3.8) is 0 Å². The van der Waals surface area contributed by atoms with Crippen LogP contribution in [0.1, 0.15) is 6.42 Å². The van der Waals surface area contributed by atoms with Crippen molar-refractivity contribution in [2.75, 3.05) is 19.8 Å². The molecule has 1 unspecified atom stereocenters. The van der Waals surface area contributed by atoms with Gasteiger partial charge in [0.2, 0.25) is 0 Å². The Hall–Kier alpha value is -1.31. The van der Waals surface area contributed by atoms with E-state index in [9.17, 15) is 74.6 Å². The molecule has 0 amide bonds. The van der Waals surface area contributed by atoms with Gasteiger partial charge in [-0.3, -0.25) is 0 Å². The van der Waals surface area contributed by atoms with Gasteiger partial charge in [0.25, 0.3) is 0 Å². The summed E-state index contributed by atoms with van der Waals surface area (Å²) in [5.41, 5.74) is 0. The number of hydrogen-bond acceptors (Lipinski definition) is 3. The SMILES string of the molecule is OCC(O)COCCC(F)(F)C(F)(F)C(F)(F)C(F)(F)C(F)(F)C(F)(F)C(F)(F)C(F)(F)F. The largest absolute Gasteiger partial charge is 0.460 e. The lowest BCUT2D eigenvalue weighted by Crippen LogP contribution is -2.74. The Morgan fingerprint density at radius 3 is 1.21 bits per heavy atom. The van der Waals surface area contributed by atoms with Crippen LogP contribution in [-0.2, 0) is 4.74 Å². The third kappa shape index (κ3) is 4.92. The highest BCUT2D eigenvalue weighted by atomic mass is 19.4. The highest BCUT2D eigenvalue weighted by Gasteiger charge is 2.95. The lowest BCUT2D eigenvalue weighted by Gasteiger charge is -2.42. The van der Waals surface area contributed by atoms with Crippen molar-refractivity contribution in [1.29, 1.82) is 0 Å². The highest BCUT2D eigenvalue weighted by Crippen LogP contribution is 2.64. The Morgan fingerprint density at radius 2 is 0.879 bits per heavy atom. The molecule has 0 aromatic carbocycles. The van der Waals surface area contributed by atoms with Crippen molar-refractivity contribution in [1.82, 2.24) is 0 Å². The van der Waals surface area contributed by atoms with Gasteiger partial charge in [-0.15, -0.1) is 0 Å². The number of alkyl halides is 17. The van der Waals surface area contributed by atoms with E-state index >= 15 is 0 Å². The van der Waals surface area contributed by atoms with Crippen LogP contribution in [0.25, 0.3) is 0 Å². The summed E-state index contributed by atoms with van der Waals surface area (Å²) < 4.78 is 225. The molecular weight excluding hydrogens is 527 g/mol. The number of ether oxygens (including phenoxy) is 1. The second-order valence-electron chi connectivity index (χ2n) is 6.31. The van der Waals surface area contributed by atoms with E-state index in [2.05, 4.69) is 4.74 Å². The molecule has 0 saturated carbocycles. The molecule has 0 saturated heterocycles. The predicted molar refractivity (Wildman–Crippen MR) is 69.2 cm³/mol. The van der Waals surface area contributed by atoms with Gasteiger partial charge in [0.15, 0.2) is 0 Å². The van der Waals surface area contributed by atoms with Gasteiger partial charge in [0.1, 0.15) is 6.10 Å². The van der Waals surface area contributed by atoms with E-state index in [4.69, 9.17) is 10.2 Å². The minimum absolute atomic E-state index is 1.11. The van der Waals surface area contributed by atoms with E-state index in [-0.39, 0.29) is 0 Å². The summed E-state index contributed by atoms with van der Waals surface area (Å²) >= 11 is 0. The Balaban J connectivity index is 6.21. The van der Waals surface area contributed by atoms with E-state index < -0.39 is 80.0 Å². The van der Waals surface area contributed by atoms with Crippen LogP contribution >= 0.6 is 0 Å². The molecule has 0 heterocycles. The molecule has 0 rings (SSSR count). The molecule has 200 valence electrons. The Bertz CT molecular complexity index is 657. The number of aliphatic hydroxyl groups is 2. The average Bonchev–Trinajstić information content (AvgIpc) is 2.62. The Kier molecular flexibility index (Phi) is 8.69. The first-order valence-corrected chi connectivity index (χ1v) is 7.78. The maximum Gasteiger partial charge on any atom is 0.460 e. The Labute approximate surface area is 171 Å². The van der Waals surface area contributed by atoms with E-state index in [0.29, 0.717) is 0 Å². The van der Waals surface area contributed by atoms with Crippen LogP contribution in [0.4, 0.5) is 74.6 Å². The molecule has 0 aromatic rings. The molecule has 0 aromatic heterocycles. The molecule has 0 fully saturated rings. The zero-order valence-electron chi connectivity index (χ0n) is 15.1. The molecule has 0 spiro atoms. The second kappa shape index (κ2) is 9.04. The third-order valence-electron chi connectivity index (χ3n) is 3.87. The molecule has 1 atom stereocenters. The standard InChI is InChI=1S/C13H11F17O3/c14-6(15,1-2-33-4-5(32)3-31)7(16,17)8(18,19)9(20,21)10(22,23)11(24,25)12(26,27)13(28,29)30/h5,31-32H,1-4H2. The first kappa shape index (κ1) is 31.7. The predicted octanol–water partition coefficient (Wildman–Crippen LogP) is 4.76. The van der Waals surface area contributed by atoms with Crippen LogP contribution < -0.4 is 0 Å². The van der Waals surface area contributed by atoms with Crippen molar-refractivity contribution in [3.05, 3.63) is 0 Å². The topological polar surface area (TPSA) is 49.7 Å². The van der Waals surface area contributed by atoms with Crippen LogP contribution in [0.15, 0.2) is 0 Å². The lowest BCUT2D eigenvalue weighted by molar-refractivity contribution is -0.462. The van der Waals surface area contributed by atoms with Gasteiger partial charge in [0.05, 0.1) is 19.8 Å². The summed E-state index contributed by atoms with van der Waals surface area (Å²) in [4.78, 5) is 0. The summed E-state index contributed by atoms with van der Waals surface area (Å²) in [5.74, 6) is -56.6. The zero-order chi connectivity index (χ0) is 27.1. The summed E-state index contributed by atoms with van der Waals surface area (Å²) in [6, 6.07) is 0. The summed E-state index contributed by atoms with van der Waals surface area (Å²) in [5, 5.41) is 17.1. The van der Waals surface area contributed by atoms with Gasteiger partial charge in [0, 0.05) is 6.42 Å². The van der Waals surface area contributed by atoms with Gasteiger partial charge in [-0.2, -0.15) is 74.6 Å².